The molecule has 4 nitrogen and oxygen atoms in total. The minimum absolute atomic E-state index is 0.0887. The van der Waals surface area contributed by atoms with E-state index in [9.17, 15) is 13.2 Å². The summed E-state index contributed by atoms with van der Waals surface area (Å²) >= 11 is 0. The second-order valence-corrected chi connectivity index (χ2v) is 13.9. The Kier molecular flexibility index (Phi) is 17.2. The molecule has 48 heavy (non-hydrogen) atoms. The highest BCUT2D eigenvalue weighted by Crippen LogP contribution is 2.38. The summed E-state index contributed by atoms with van der Waals surface area (Å²) in [5, 5.41) is 1.10. The van der Waals surface area contributed by atoms with Crippen molar-refractivity contribution < 1.29 is 13.2 Å². The van der Waals surface area contributed by atoms with Gasteiger partial charge in [0, 0.05) is 36.6 Å². The highest BCUT2D eigenvalue weighted by molar-refractivity contribution is 5.89. The van der Waals surface area contributed by atoms with Gasteiger partial charge in [-0.15, -0.1) is 0 Å². The van der Waals surface area contributed by atoms with Gasteiger partial charge in [-0.1, -0.05) is 82.9 Å². The second kappa shape index (κ2) is 20.2. The van der Waals surface area contributed by atoms with Gasteiger partial charge in [0.1, 0.15) is 11.6 Å². The zero-order chi connectivity index (χ0) is 36.0. The first kappa shape index (κ1) is 40.8. The van der Waals surface area contributed by atoms with E-state index in [4.69, 9.17) is 0 Å². The van der Waals surface area contributed by atoms with Crippen LogP contribution in [0.2, 0.25) is 0 Å². The van der Waals surface area contributed by atoms with E-state index < -0.39 is 6.43 Å². The largest absolute Gasteiger partial charge is 0.362 e. The molecule has 1 aliphatic carbocycles. The van der Waals surface area contributed by atoms with Crippen molar-refractivity contribution in [3.05, 3.63) is 88.7 Å². The molecule has 1 fully saturated rings. The Morgan fingerprint density at radius 1 is 1.00 bits per heavy atom. The molecule has 4 rings (SSSR count). The Labute approximate surface area is 289 Å². The van der Waals surface area contributed by atoms with Crippen LogP contribution < -0.4 is 4.90 Å². The maximum atomic E-state index is 12.8. The molecule has 7 heteroatoms. The van der Waals surface area contributed by atoms with Gasteiger partial charge in [-0.05, 0) is 107 Å². The molecule has 2 atom stereocenters. The van der Waals surface area contributed by atoms with Crippen LogP contribution in [0.1, 0.15) is 99.2 Å². The average Bonchev–Trinajstić information content (AvgIpc) is 3.06. The van der Waals surface area contributed by atoms with Crippen LogP contribution in [-0.4, -0.2) is 42.6 Å². The number of para-hydroxylation sites is 1. The Bertz CT molecular complexity index is 1440. The van der Waals surface area contributed by atoms with Crippen molar-refractivity contribution in [1.29, 1.82) is 0 Å². The predicted octanol–water partition coefficient (Wildman–Crippen LogP) is 12.0. The SMILES string of the molecule is CF.C\C=C(/C=C\C=C(/C)C(F)F)N1C(C)=CCC(CC(C)C(C)CC2CCC(C)CC2)=C1C.Cc1nc(N(C)C)c2ccccc2n1. The van der Waals surface area contributed by atoms with Crippen LogP contribution in [0.4, 0.5) is 19.0 Å². The van der Waals surface area contributed by atoms with Crippen molar-refractivity contribution in [3.63, 3.8) is 0 Å². The third kappa shape index (κ3) is 12.0. The summed E-state index contributed by atoms with van der Waals surface area (Å²) in [4.78, 5) is 13.1. The molecule has 2 aromatic rings. The molecule has 0 amide bonds. The van der Waals surface area contributed by atoms with E-state index in [1.807, 2.05) is 63.2 Å². The summed E-state index contributed by atoms with van der Waals surface area (Å²) in [7, 11) is 4.49. The molecule has 1 saturated carbocycles. The van der Waals surface area contributed by atoms with Gasteiger partial charge in [-0.2, -0.15) is 0 Å². The third-order valence-electron chi connectivity index (χ3n) is 9.87. The molecular weight excluding hydrogens is 605 g/mol. The van der Waals surface area contributed by atoms with E-state index >= 15 is 0 Å². The zero-order valence-electron chi connectivity index (χ0n) is 31.5. The van der Waals surface area contributed by atoms with Crippen LogP contribution in [0.3, 0.4) is 0 Å². The van der Waals surface area contributed by atoms with E-state index in [2.05, 4.69) is 61.6 Å². The van der Waals surface area contributed by atoms with E-state index in [0.29, 0.717) is 13.1 Å². The van der Waals surface area contributed by atoms with E-state index in [1.165, 1.54) is 62.1 Å². The van der Waals surface area contributed by atoms with Gasteiger partial charge in [-0.25, -0.2) is 18.7 Å². The van der Waals surface area contributed by atoms with Crippen molar-refractivity contribution in [2.75, 3.05) is 26.2 Å². The molecular formula is C41H61F3N4. The number of aryl methyl sites for hydroxylation is 1. The summed E-state index contributed by atoms with van der Waals surface area (Å²) in [6.07, 6.45) is 16.3. The summed E-state index contributed by atoms with van der Waals surface area (Å²) in [5.74, 6) is 5.01. The number of nitrogens with zero attached hydrogens (tertiary/aromatic N) is 4. The lowest BCUT2D eigenvalue weighted by Gasteiger charge is -2.35. The lowest BCUT2D eigenvalue weighted by atomic mass is 9.75. The van der Waals surface area contributed by atoms with Crippen LogP contribution >= 0.6 is 0 Å². The first-order valence-corrected chi connectivity index (χ1v) is 17.6. The number of fused-ring (bicyclic) bond motifs is 1. The summed E-state index contributed by atoms with van der Waals surface area (Å²) in [6.45, 7) is 17.0. The molecule has 0 saturated heterocycles. The molecule has 0 radical (unpaired) electrons. The quantitative estimate of drug-likeness (QED) is 0.236. The highest BCUT2D eigenvalue weighted by Gasteiger charge is 2.25. The minimum atomic E-state index is -2.40. The molecule has 0 spiro atoms. The van der Waals surface area contributed by atoms with E-state index in [0.717, 1.165) is 58.8 Å². The molecule has 1 aromatic heterocycles. The van der Waals surface area contributed by atoms with Crippen molar-refractivity contribution in [3.8, 4) is 0 Å². The maximum absolute atomic E-state index is 12.8. The van der Waals surface area contributed by atoms with Gasteiger partial charge < -0.3 is 9.80 Å². The molecule has 2 aliphatic rings. The van der Waals surface area contributed by atoms with Gasteiger partial charge in [0.05, 0.1) is 12.7 Å². The monoisotopic (exact) mass is 666 g/mol. The zero-order valence-corrected chi connectivity index (χ0v) is 31.5. The first-order chi connectivity index (χ1) is 22.8. The van der Waals surface area contributed by atoms with Crippen LogP contribution in [0.25, 0.3) is 10.9 Å². The van der Waals surface area contributed by atoms with Crippen molar-refractivity contribution in [2.24, 2.45) is 23.7 Å². The normalized spacial score (nSPS) is 20.2. The molecule has 1 aliphatic heterocycles. The van der Waals surface area contributed by atoms with Crippen molar-refractivity contribution in [1.82, 2.24) is 14.9 Å². The lowest BCUT2D eigenvalue weighted by Crippen LogP contribution is -2.24. The van der Waals surface area contributed by atoms with E-state index in [1.54, 1.807) is 6.08 Å². The Balaban J connectivity index is 0.000000412. The van der Waals surface area contributed by atoms with Crippen molar-refractivity contribution in [2.45, 2.75) is 107 Å². The number of allylic oxidation sites excluding steroid dienone is 9. The number of hydrogen-bond acceptors (Lipinski definition) is 4. The van der Waals surface area contributed by atoms with Gasteiger partial charge in [0.2, 0.25) is 0 Å². The predicted molar refractivity (Wildman–Crippen MR) is 200 cm³/mol. The summed E-state index contributed by atoms with van der Waals surface area (Å²) < 4.78 is 35.0. The highest BCUT2D eigenvalue weighted by atomic mass is 19.3. The number of anilines is 1. The minimum Gasteiger partial charge on any atom is -0.362 e. The van der Waals surface area contributed by atoms with Gasteiger partial charge in [0.15, 0.2) is 0 Å². The standard InChI is InChI=1S/C29H45F2N.C11H13N3.CH3F/c1-8-28(11-9-10-21(3)29(30)31)32-24(6)14-17-27(25(32)7)19-23(5)22(4)18-26-15-12-20(2)13-16-26;1-8-12-10-7-5-4-6-9(10)11(13-8)14(2)3;1-2/h8-11,14,20,22-23,26,29H,12-13,15-19H2,1-7H3;4-7H,1-3H3;1H3/b11-9-,21-10+,28-8+;;. The average molecular weight is 667 g/mol. The lowest BCUT2D eigenvalue weighted by molar-refractivity contribution is 0.190. The number of rotatable bonds is 10. The molecule has 0 bridgehead atoms. The topological polar surface area (TPSA) is 32.3 Å². The van der Waals surface area contributed by atoms with Crippen LogP contribution in [0, 0.1) is 30.6 Å². The molecule has 2 unspecified atom stereocenters. The second-order valence-electron chi connectivity index (χ2n) is 13.9. The van der Waals surface area contributed by atoms with Crippen LogP contribution in [0.15, 0.2) is 82.9 Å². The van der Waals surface area contributed by atoms with Gasteiger partial charge >= 0.3 is 0 Å². The van der Waals surface area contributed by atoms with Crippen molar-refractivity contribution >= 4 is 16.7 Å². The Hall–Kier alpha value is -3.35. The van der Waals surface area contributed by atoms with Gasteiger partial charge in [0.25, 0.3) is 6.43 Å². The van der Waals surface area contributed by atoms with Crippen LogP contribution in [0.5, 0.6) is 0 Å². The third-order valence-corrected chi connectivity index (χ3v) is 9.87. The maximum Gasteiger partial charge on any atom is 0.259 e. The van der Waals surface area contributed by atoms with Gasteiger partial charge in [-0.3, -0.25) is 4.39 Å². The number of halogens is 3. The molecule has 2 heterocycles. The number of alkyl halides is 3. The Morgan fingerprint density at radius 2 is 1.65 bits per heavy atom. The fourth-order valence-corrected chi connectivity index (χ4v) is 6.66. The first-order valence-electron chi connectivity index (χ1n) is 17.6. The molecule has 266 valence electrons. The smallest absolute Gasteiger partial charge is 0.259 e. The van der Waals surface area contributed by atoms with E-state index in [-0.39, 0.29) is 5.57 Å². The molecule has 0 N–H and O–H groups in total. The van der Waals surface area contributed by atoms with Crippen LogP contribution in [-0.2, 0) is 0 Å². The number of hydrogen-bond donors (Lipinski definition) is 0. The summed E-state index contributed by atoms with van der Waals surface area (Å²) in [5.41, 5.74) is 6.12. The molecule has 1 aromatic carbocycles. The Morgan fingerprint density at radius 3 is 2.25 bits per heavy atom. The number of aromatic nitrogens is 2. The fourth-order valence-electron chi connectivity index (χ4n) is 6.66. The fraction of sp³-hybridized carbons (Fsp3) is 0.561. The summed E-state index contributed by atoms with van der Waals surface area (Å²) in [6, 6.07) is 8.06. The number of benzene rings is 1.